The molecule has 8 heteroatoms. The van der Waals surface area contributed by atoms with Gasteiger partial charge in [-0.15, -0.1) is 0 Å². The van der Waals surface area contributed by atoms with Gasteiger partial charge in [-0.1, -0.05) is 25.0 Å². The first kappa shape index (κ1) is 19.4. The van der Waals surface area contributed by atoms with Crippen molar-refractivity contribution in [2.45, 2.75) is 69.1 Å². The minimum atomic E-state index is -0.934. The van der Waals surface area contributed by atoms with Crippen molar-refractivity contribution < 1.29 is 19.2 Å². The van der Waals surface area contributed by atoms with Crippen LogP contribution < -0.4 is 16.0 Å². The molecule has 3 heterocycles. The molecule has 158 valence electrons. The zero-order chi connectivity index (χ0) is 20.9. The summed E-state index contributed by atoms with van der Waals surface area (Å²) in [6.07, 6.45) is 6.03. The fourth-order valence-electron chi connectivity index (χ4n) is 5.61. The number of hydrogen-bond acceptors (Lipinski definition) is 6. The molecule has 4 amide bonds. The van der Waals surface area contributed by atoms with Crippen LogP contribution in [0.15, 0.2) is 18.2 Å². The number of amides is 4. The molecular formula is C22H26N4O4. The summed E-state index contributed by atoms with van der Waals surface area (Å²) in [6, 6.07) is 4.82. The van der Waals surface area contributed by atoms with Gasteiger partial charge in [0.25, 0.3) is 11.8 Å². The van der Waals surface area contributed by atoms with Crippen LogP contribution in [-0.2, 0) is 16.1 Å². The standard InChI is InChI=1S/C22H26N4O4/c27-17-8-7-15(19(28)25-17)26-20(29)14-5-3-4-13(18(14)21(26)30)12-24-22-9-2-1-6-16(22)23-11-10-22/h3-5,15-16,23-24H,1-2,6-12H2,(H,25,27,28). The van der Waals surface area contributed by atoms with Gasteiger partial charge in [0.2, 0.25) is 11.8 Å². The van der Waals surface area contributed by atoms with Crippen LogP contribution in [0.4, 0.5) is 0 Å². The summed E-state index contributed by atoms with van der Waals surface area (Å²) < 4.78 is 0. The van der Waals surface area contributed by atoms with E-state index in [0.29, 0.717) is 23.7 Å². The molecule has 3 N–H and O–H groups in total. The monoisotopic (exact) mass is 410 g/mol. The molecule has 0 spiro atoms. The van der Waals surface area contributed by atoms with Crippen molar-refractivity contribution in [1.82, 2.24) is 20.9 Å². The second-order valence-electron chi connectivity index (χ2n) is 8.80. The topological polar surface area (TPSA) is 108 Å². The lowest BCUT2D eigenvalue weighted by Crippen LogP contribution is -2.55. The molecule has 0 bridgehead atoms. The summed E-state index contributed by atoms with van der Waals surface area (Å²) in [5.74, 6) is -1.85. The van der Waals surface area contributed by atoms with Crippen LogP contribution in [0.3, 0.4) is 0 Å². The molecule has 0 radical (unpaired) electrons. The van der Waals surface area contributed by atoms with Crippen molar-refractivity contribution in [1.29, 1.82) is 0 Å². The van der Waals surface area contributed by atoms with Crippen LogP contribution in [0.5, 0.6) is 0 Å². The average Bonchev–Trinajstić information content (AvgIpc) is 3.27. The maximum Gasteiger partial charge on any atom is 0.262 e. The maximum absolute atomic E-state index is 13.2. The van der Waals surface area contributed by atoms with Crippen LogP contribution in [0.2, 0.25) is 0 Å². The summed E-state index contributed by atoms with van der Waals surface area (Å²) in [5.41, 5.74) is 1.54. The van der Waals surface area contributed by atoms with Gasteiger partial charge in [0.05, 0.1) is 11.1 Å². The summed E-state index contributed by atoms with van der Waals surface area (Å²) in [4.78, 5) is 51.0. The molecule has 1 saturated carbocycles. The van der Waals surface area contributed by atoms with Crippen LogP contribution in [0.1, 0.15) is 71.2 Å². The lowest BCUT2D eigenvalue weighted by atomic mass is 9.78. The Kier molecular flexibility index (Phi) is 4.71. The van der Waals surface area contributed by atoms with Crippen molar-refractivity contribution in [3.05, 3.63) is 34.9 Å². The third-order valence-electron chi connectivity index (χ3n) is 7.18. The minimum absolute atomic E-state index is 0.0376. The molecule has 3 unspecified atom stereocenters. The number of hydrogen-bond donors (Lipinski definition) is 3. The molecule has 3 atom stereocenters. The Bertz CT molecular complexity index is 945. The summed E-state index contributed by atoms with van der Waals surface area (Å²) in [6.45, 7) is 1.49. The molecule has 8 nitrogen and oxygen atoms in total. The Morgan fingerprint density at radius 2 is 1.93 bits per heavy atom. The number of rotatable bonds is 4. The fraction of sp³-hybridized carbons (Fsp3) is 0.545. The molecule has 5 rings (SSSR count). The van der Waals surface area contributed by atoms with Crippen molar-refractivity contribution in [3.63, 3.8) is 0 Å². The Labute approximate surface area is 174 Å². The van der Waals surface area contributed by atoms with E-state index < -0.39 is 23.8 Å². The minimum Gasteiger partial charge on any atom is -0.312 e. The molecule has 1 aromatic carbocycles. The first-order chi connectivity index (χ1) is 14.5. The van der Waals surface area contributed by atoms with E-state index in [1.54, 1.807) is 12.1 Å². The molecule has 3 aliphatic heterocycles. The molecular weight excluding hydrogens is 384 g/mol. The van der Waals surface area contributed by atoms with E-state index in [4.69, 9.17) is 0 Å². The van der Waals surface area contributed by atoms with Crippen molar-refractivity contribution in [2.24, 2.45) is 0 Å². The van der Waals surface area contributed by atoms with Gasteiger partial charge >= 0.3 is 0 Å². The molecule has 4 aliphatic rings. The second-order valence-corrected chi connectivity index (χ2v) is 8.80. The van der Waals surface area contributed by atoms with Crippen LogP contribution in [-0.4, -0.2) is 52.7 Å². The Morgan fingerprint density at radius 1 is 1.07 bits per heavy atom. The number of fused-ring (bicyclic) bond motifs is 2. The zero-order valence-electron chi connectivity index (χ0n) is 16.8. The van der Waals surface area contributed by atoms with Gasteiger partial charge in [0.1, 0.15) is 6.04 Å². The van der Waals surface area contributed by atoms with E-state index in [-0.39, 0.29) is 24.3 Å². The quantitative estimate of drug-likeness (QED) is 0.636. The van der Waals surface area contributed by atoms with E-state index in [2.05, 4.69) is 16.0 Å². The lowest BCUT2D eigenvalue weighted by molar-refractivity contribution is -0.136. The van der Waals surface area contributed by atoms with E-state index in [1.807, 2.05) is 6.07 Å². The van der Waals surface area contributed by atoms with E-state index in [9.17, 15) is 19.2 Å². The van der Waals surface area contributed by atoms with E-state index in [0.717, 1.165) is 36.3 Å². The Balaban J connectivity index is 1.40. The van der Waals surface area contributed by atoms with Gasteiger partial charge in [-0.2, -0.15) is 0 Å². The fourth-order valence-corrected chi connectivity index (χ4v) is 5.61. The van der Waals surface area contributed by atoms with Crippen LogP contribution in [0, 0.1) is 0 Å². The van der Waals surface area contributed by atoms with Crippen molar-refractivity contribution in [2.75, 3.05) is 6.54 Å². The lowest BCUT2D eigenvalue weighted by Gasteiger charge is -2.40. The smallest absolute Gasteiger partial charge is 0.262 e. The third-order valence-corrected chi connectivity index (χ3v) is 7.18. The normalized spacial score (nSPS) is 31.0. The number of imide groups is 2. The van der Waals surface area contributed by atoms with Crippen LogP contribution >= 0.6 is 0 Å². The van der Waals surface area contributed by atoms with Crippen molar-refractivity contribution in [3.8, 4) is 0 Å². The molecule has 2 saturated heterocycles. The van der Waals surface area contributed by atoms with Gasteiger partial charge in [0, 0.05) is 24.5 Å². The maximum atomic E-state index is 13.2. The number of carbonyl (C=O) groups is 4. The highest BCUT2D eigenvalue weighted by molar-refractivity contribution is 6.24. The number of benzene rings is 1. The highest BCUT2D eigenvalue weighted by Crippen LogP contribution is 2.36. The van der Waals surface area contributed by atoms with Gasteiger partial charge in [-0.25, -0.2) is 0 Å². The molecule has 1 aromatic rings. The van der Waals surface area contributed by atoms with Gasteiger partial charge < -0.3 is 10.6 Å². The third kappa shape index (κ3) is 2.97. The first-order valence-electron chi connectivity index (χ1n) is 10.8. The zero-order valence-corrected chi connectivity index (χ0v) is 16.8. The Morgan fingerprint density at radius 3 is 2.77 bits per heavy atom. The number of nitrogens with one attached hydrogen (secondary N) is 3. The number of carbonyl (C=O) groups excluding carboxylic acids is 4. The first-order valence-corrected chi connectivity index (χ1v) is 10.8. The Hall–Kier alpha value is -2.58. The molecule has 0 aromatic heterocycles. The van der Waals surface area contributed by atoms with E-state index >= 15 is 0 Å². The van der Waals surface area contributed by atoms with Crippen molar-refractivity contribution >= 4 is 23.6 Å². The summed E-state index contributed by atoms with van der Waals surface area (Å²) >= 11 is 0. The average molecular weight is 410 g/mol. The van der Waals surface area contributed by atoms with Gasteiger partial charge in [0.15, 0.2) is 0 Å². The number of nitrogens with zero attached hydrogens (tertiary/aromatic N) is 1. The van der Waals surface area contributed by atoms with Gasteiger partial charge in [-0.3, -0.25) is 29.4 Å². The molecule has 3 fully saturated rings. The SMILES string of the molecule is O=C1CCC(N2C(=O)c3cccc(CNC45CCCCC4NCC5)c3C2=O)C(=O)N1. The van der Waals surface area contributed by atoms with Crippen LogP contribution in [0.25, 0.3) is 0 Å². The summed E-state index contributed by atoms with van der Waals surface area (Å²) in [7, 11) is 0. The number of piperidine rings is 1. The second kappa shape index (κ2) is 7.28. The predicted molar refractivity (Wildman–Crippen MR) is 108 cm³/mol. The predicted octanol–water partition coefficient (Wildman–Crippen LogP) is 0.852. The largest absolute Gasteiger partial charge is 0.312 e. The summed E-state index contributed by atoms with van der Waals surface area (Å²) in [5, 5.41) is 9.56. The molecule has 1 aliphatic carbocycles. The highest BCUT2D eigenvalue weighted by Gasteiger charge is 2.47. The molecule has 30 heavy (non-hydrogen) atoms. The van der Waals surface area contributed by atoms with Gasteiger partial charge in [-0.05, 0) is 43.9 Å². The van der Waals surface area contributed by atoms with E-state index in [1.165, 1.54) is 12.8 Å². The highest BCUT2D eigenvalue weighted by atomic mass is 16.2.